The number of piperazine rings is 1. The third-order valence-corrected chi connectivity index (χ3v) is 9.72. The topological polar surface area (TPSA) is 117 Å². The number of rotatable bonds is 10. The summed E-state index contributed by atoms with van der Waals surface area (Å²) in [5, 5.41) is 5.89. The summed E-state index contributed by atoms with van der Waals surface area (Å²) in [5.41, 5.74) is 7.77. The van der Waals surface area contributed by atoms with E-state index in [4.69, 9.17) is 5.73 Å². The summed E-state index contributed by atoms with van der Waals surface area (Å²) in [6.07, 6.45) is 2.71. The number of nitrogens with one attached hydrogen (secondary N) is 2. The van der Waals surface area contributed by atoms with Crippen LogP contribution in [-0.4, -0.2) is 55.3 Å². The lowest BCUT2D eigenvalue weighted by molar-refractivity contribution is -0.117. The molecular weight excluding hydrogens is 591 g/mol. The summed E-state index contributed by atoms with van der Waals surface area (Å²) in [6.45, 7) is 1.12. The SMILES string of the molecule is N[C@H](C(=O)Nc1cncc(F)c1CC[C@@H]1CNCCN1S(=O)(=O)c1ccccc1)C(c1ccc(F)cc1)c1ccc(F)cc1. The third-order valence-electron chi connectivity index (χ3n) is 7.76. The molecule has 1 aromatic heterocycles. The van der Waals surface area contributed by atoms with E-state index < -0.39 is 51.4 Å². The van der Waals surface area contributed by atoms with Crippen LogP contribution in [0.15, 0.2) is 96.2 Å². The van der Waals surface area contributed by atoms with E-state index in [1.54, 1.807) is 30.3 Å². The number of nitrogens with two attached hydrogens (primary N) is 1. The number of hydrogen-bond donors (Lipinski definition) is 3. The Labute approximate surface area is 254 Å². The second-order valence-corrected chi connectivity index (χ2v) is 12.5. The molecule has 8 nitrogen and oxygen atoms in total. The fourth-order valence-corrected chi connectivity index (χ4v) is 7.16. The molecule has 1 aliphatic rings. The number of nitrogens with zero attached hydrogens (tertiary/aromatic N) is 2. The van der Waals surface area contributed by atoms with E-state index in [-0.39, 0.29) is 35.5 Å². The van der Waals surface area contributed by atoms with Crippen LogP contribution in [0.4, 0.5) is 18.9 Å². The van der Waals surface area contributed by atoms with Gasteiger partial charge in [0.05, 0.1) is 29.0 Å². The molecule has 0 bridgehead atoms. The molecule has 0 unspecified atom stereocenters. The molecule has 0 spiro atoms. The lowest BCUT2D eigenvalue weighted by atomic mass is 9.85. The minimum atomic E-state index is -3.78. The number of carbonyl (C=O) groups is 1. The van der Waals surface area contributed by atoms with Crippen molar-refractivity contribution in [2.45, 2.75) is 35.7 Å². The van der Waals surface area contributed by atoms with Crippen LogP contribution in [0.25, 0.3) is 0 Å². The lowest BCUT2D eigenvalue weighted by Gasteiger charge is -2.35. The average Bonchev–Trinajstić information content (AvgIpc) is 3.03. The van der Waals surface area contributed by atoms with E-state index in [0.717, 1.165) is 6.20 Å². The molecular formula is C32H32F3N5O3S. The van der Waals surface area contributed by atoms with Crippen molar-refractivity contribution in [3.05, 3.63) is 125 Å². The number of aromatic nitrogens is 1. The second kappa shape index (κ2) is 13.7. The van der Waals surface area contributed by atoms with Gasteiger partial charge in [0.1, 0.15) is 17.5 Å². The molecule has 0 saturated carbocycles. The number of benzene rings is 3. The average molecular weight is 624 g/mol. The zero-order chi connectivity index (χ0) is 31.3. The van der Waals surface area contributed by atoms with Crippen molar-refractivity contribution >= 4 is 21.6 Å². The molecule has 230 valence electrons. The molecule has 44 heavy (non-hydrogen) atoms. The molecule has 4 N–H and O–H groups in total. The summed E-state index contributed by atoms with van der Waals surface area (Å²) in [7, 11) is -3.78. The maximum atomic E-state index is 15.2. The number of halogens is 3. The van der Waals surface area contributed by atoms with Gasteiger partial charge in [-0.2, -0.15) is 4.31 Å². The lowest BCUT2D eigenvalue weighted by Crippen LogP contribution is -2.53. The fourth-order valence-electron chi connectivity index (χ4n) is 5.48. The van der Waals surface area contributed by atoms with Crippen LogP contribution >= 0.6 is 0 Å². The van der Waals surface area contributed by atoms with Crippen LogP contribution in [-0.2, 0) is 21.2 Å². The van der Waals surface area contributed by atoms with Gasteiger partial charge in [-0.05, 0) is 60.4 Å². The standard InChI is InChI=1S/C32H32F3N5O3S/c33-23-10-6-21(7-11-23)30(22-8-12-24(34)13-9-22)31(36)32(41)39-29-20-38-19-28(35)27(29)15-14-25-18-37-16-17-40(25)44(42,43)26-4-2-1-3-5-26/h1-13,19-20,25,30-31,37H,14-18,36H2,(H,39,41)/t25-,31+/m1/s1. The van der Waals surface area contributed by atoms with Gasteiger partial charge in [0.25, 0.3) is 0 Å². The minimum absolute atomic E-state index is 0.101. The van der Waals surface area contributed by atoms with Crippen molar-refractivity contribution in [2.24, 2.45) is 5.73 Å². The van der Waals surface area contributed by atoms with E-state index >= 15 is 4.39 Å². The van der Waals surface area contributed by atoms with Crippen molar-refractivity contribution in [1.82, 2.24) is 14.6 Å². The van der Waals surface area contributed by atoms with Gasteiger partial charge >= 0.3 is 0 Å². The van der Waals surface area contributed by atoms with Gasteiger partial charge in [-0.3, -0.25) is 9.78 Å². The largest absolute Gasteiger partial charge is 0.323 e. The van der Waals surface area contributed by atoms with Crippen molar-refractivity contribution in [2.75, 3.05) is 25.0 Å². The summed E-state index contributed by atoms with van der Waals surface area (Å²) in [6, 6.07) is 17.4. The summed E-state index contributed by atoms with van der Waals surface area (Å²) in [5.74, 6) is -3.03. The molecule has 0 aliphatic carbocycles. The number of sulfonamides is 1. The second-order valence-electron chi connectivity index (χ2n) is 10.6. The maximum absolute atomic E-state index is 15.2. The molecule has 1 saturated heterocycles. The molecule has 2 heterocycles. The van der Waals surface area contributed by atoms with Gasteiger partial charge < -0.3 is 16.4 Å². The summed E-state index contributed by atoms with van der Waals surface area (Å²) in [4.78, 5) is 17.6. The number of carbonyl (C=O) groups excluding carboxylic acids is 1. The monoisotopic (exact) mass is 623 g/mol. The van der Waals surface area contributed by atoms with Crippen LogP contribution in [0.2, 0.25) is 0 Å². The van der Waals surface area contributed by atoms with Gasteiger partial charge in [0.2, 0.25) is 15.9 Å². The number of pyridine rings is 1. The first-order valence-electron chi connectivity index (χ1n) is 14.1. The van der Waals surface area contributed by atoms with Gasteiger partial charge in [-0.25, -0.2) is 21.6 Å². The minimum Gasteiger partial charge on any atom is -0.323 e. The predicted octanol–water partition coefficient (Wildman–Crippen LogP) is 4.19. The molecule has 0 radical (unpaired) electrons. The zero-order valence-corrected chi connectivity index (χ0v) is 24.5. The van der Waals surface area contributed by atoms with Gasteiger partial charge in [0.15, 0.2) is 0 Å². The van der Waals surface area contributed by atoms with Crippen LogP contribution in [0.5, 0.6) is 0 Å². The Kier molecular flexibility index (Phi) is 9.74. The normalized spacial score (nSPS) is 16.5. The number of anilines is 1. The molecule has 1 amide bonds. The first-order chi connectivity index (χ1) is 21.1. The molecule has 2 atom stereocenters. The number of hydrogen-bond acceptors (Lipinski definition) is 6. The van der Waals surface area contributed by atoms with Crippen molar-refractivity contribution in [1.29, 1.82) is 0 Å². The van der Waals surface area contributed by atoms with Gasteiger partial charge in [-0.15, -0.1) is 0 Å². The Morgan fingerprint density at radius 3 is 2.18 bits per heavy atom. The summed E-state index contributed by atoms with van der Waals surface area (Å²) < 4.78 is 70.7. The number of amides is 1. The molecule has 3 aromatic carbocycles. The van der Waals surface area contributed by atoms with Gasteiger partial charge in [0, 0.05) is 37.2 Å². The predicted molar refractivity (Wildman–Crippen MR) is 161 cm³/mol. The molecule has 5 rings (SSSR count). The molecule has 4 aromatic rings. The Bertz CT molecular complexity index is 1650. The highest BCUT2D eigenvalue weighted by Crippen LogP contribution is 2.30. The van der Waals surface area contributed by atoms with Crippen molar-refractivity contribution in [3.63, 3.8) is 0 Å². The summed E-state index contributed by atoms with van der Waals surface area (Å²) >= 11 is 0. The Morgan fingerprint density at radius 1 is 0.955 bits per heavy atom. The molecule has 12 heteroatoms. The van der Waals surface area contributed by atoms with Gasteiger partial charge in [-0.1, -0.05) is 42.5 Å². The highest BCUT2D eigenvalue weighted by Gasteiger charge is 2.34. The Hall–Kier alpha value is -4.10. The van der Waals surface area contributed by atoms with Crippen LogP contribution < -0.4 is 16.4 Å². The zero-order valence-electron chi connectivity index (χ0n) is 23.7. The quantitative estimate of drug-likeness (QED) is 0.244. The Balaban J connectivity index is 1.36. The third kappa shape index (κ3) is 6.99. The van der Waals surface area contributed by atoms with Crippen LogP contribution in [0, 0.1) is 17.5 Å². The van der Waals surface area contributed by atoms with E-state index in [1.165, 1.54) is 59.0 Å². The first-order valence-corrected chi connectivity index (χ1v) is 15.6. The van der Waals surface area contributed by atoms with E-state index in [1.807, 2.05) is 0 Å². The molecule has 1 fully saturated rings. The van der Waals surface area contributed by atoms with Crippen LogP contribution in [0.1, 0.15) is 29.0 Å². The van der Waals surface area contributed by atoms with E-state index in [9.17, 15) is 22.0 Å². The maximum Gasteiger partial charge on any atom is 0.243 e. The highest BCUT2D eigenvalue weighted by molar-refractivity contribution is 7.89. The highest BCUT2D eigenvalue weighted by atomic mass is 32.2. The van der Waals surface area contributed by atoms with E-state index in [0.29, 0.717) is 24.2 Å². The Morgan fingerprint density at radius 2 is 1.57 bits per heavy atom. The smallest absolute Gasteiger partial charge is 0.243 e. The first kappa shape index (κ1) is 31.3. The van der Waals surface area contributed by atoms with E-state index in [2.05, 4.69) is 15.6 Å². The van der Waals surface area contributed by atoms with Crippen molar-refractivity contribution in [3.8, 4) is 0 Å². The fraction of sp³-hybridized carbons (Fsp3) is 0.250. The van der Waals surface area contributed by atoms with Crippen LogP contribution in [0.3, 0.4) is 0 Å². The molecule has 1 aliphatic heterocycles. The van der Waals surface area contributed by atoms with Crippen molar-refractivity contribution < 1.29 is 26.4 Å².